The first kappa shape index (κ1) is 20.0. The lowest BCUT2D eigenvalue weighted by atomic mass is 9.87. The number of esters is 1. The third kappa shape index (κ3) is 3.93. The Kier molecular flexibility index (Phi) is 5.58. The molecule has 1 saturated heterocycles. The van der Waals surface area contributed by atoms with Gasteiger partial charge in [0.05, 0.1) is 5.56 Å². The Morgan fingerprint density at radius 2 is 1.76 bits per heavy atom. The monoisotopic (exact) mass is 399 g/mol. The molecule has 1 fully saturated rings. The van der Waals surface area contributed by atoms with Gasteiger partial charge in [0.2, 0.25) is 0 Å². The molecule has 150 valence electrons. The van der Waals surface area contributed by atoms with Crippen molar-refractivity contribution in [2.24, 2.45) is 0 Å². The molecule has 2 N–H and O–H groups in total. The number of imide groups is 1. The molecule has 0 aliphatic carbocycles. The van der Waals surface area contributed by atoms with Crippen LogP contribution in [0.2, 0.25) is 0 Å². The number of hydrogen-bond acceptors (Lipinski definition) is 5. The number of rotatable bonds is 6. The predicted octanol–water partition coefficient (Wildman–Crippen LogP) is 1.87. The van der Waals surface area contributed by atoms with E-state index in [0.29, 0.717) is 10.6 Å². The molecule has 0 radical (unpaired) electrons. The molecule has 1 aliphatic rings. The lowest BCUT2D eigenvalue weighted by Crippen LogP contribution is -2.49. The first-order chi connectivity index (χ1) is 13.9. The maximum atomic E-state index is 12.9. The minimum Gasteiger partial charge on any atom is -0.452 e. The van der Waals surface area contributed by atoms with Crippen molar-refractivity contribution in [2.45, 2.75) is 18.9 Å². The van der Waals surface area contributed by atoms with E-state index in [4.69, 9.17) is 4.74 Å². The van der Waals surface area contributed by atoms with Crippen LogP contribution in [0.1, 0.15) is 29.3 Å². The second kappa shape index (κ2) is 8.09. The summed E-state index contributed by atoms with van der Waals surface area (Å²) in [7, 11) is 0. The number of carbonyl (C=O) groups is 4. The van der Waals surface area contributed by atoms with E-state index in [1.54, 1.807) is 37.3 Å². The van der Waals surface area contributed by atoms with Crippen molar-refractivity contribution in [1.29, 1.82) is 0 Å². The Morgan fingerprint density at radius 3 is 2.38 bits per heavy atom. The molecule has 1 atom stereocenters. The number of amides is 4. The number of ether oxygens (including phenoxy) is 1. The molecule has 1 heterocycles. The van der Waals surface area contributed by atoms with Crippen LogP contribution in [-0.2, 0) is 19.9 Å². The number of hydrogen-bond donors (Lipinski definition) is 2. The SMILES string of the molecule is CC[C@@]1(c2ccccc2)NC(=O)N(NC(=O)COC(=O)c2ccc(F)cc2)C1=O. The maximum Gasteiger partial charge on any atom is 0.344 e. The highest BCUT2D eigenvalue weighted by atomic mass is 19.1. The molecule has 0 unspecified atom stereocenters. The quantitative estimate of drug-likeness (QED) is 0.570. The van der Waals surface area contributed by atoms with Gasteiger partial charge in [-0.2, -0.15) is 5.01 Å². The van der Waals surface area contributed by atoms with E-state index in [2.05, 4.69) is 10.7 Å². The summed E-state index contributed by atoms with van der Waals surface area (Å²) >= 11 is 0. The maximum absolute atomic E-state index is 12.9. The summed E-state index contributed by atoms with van der Waals surface area (Å²) < 4.78 is 17.7. The molecule has 0 bridgehead atoms. The van der Waals surface area contributed by atoms with Crippen LogP contribution in [0, 0.1) is 5.82 Å². The van der Waals surface area contributed by atoms with Gasteiger partial charge in [0.1, 0.15) is 11.4 Å². The highest BCUT2D eigenvalue weighted by molar-refractivity contribution is 6.08. The molecule has 0 aromatic heterocycles. The van der Waals surface area contributed by atoms with E-state index in [0.717, 1.165) is 12.1 Å². The van der Waals surface area contributed by atoms with Crippen LogP contribution in [0.25, 0.3) is 0 Å². The van der Waals surface area contributed by atoms with Crippen molar-refractivity contribution in [3.05, 3.63) is 71.5 Å². The third-order valence-electron chi connectivity index (χ3n) is 4.54. The number of benzene rings is 2. The largest absolute Gasteiger partial charge is 0.452 e. The van der Waals surface area contributed by atoms with Gasteiger partial charge in [-0.25, -0.2) is 14.0 Å². The van der Waals surface area contributed by atoms with Crippen LogP contribution in [0.5, 0.6) is 0 Å². The smallest absolute Gasteiger partial charge is 0.344 e. The zero-order chi connectivity index (χ0) is 21.0. The normalized spacial score (nSPS) is 18.3. The van der Waals surface area contributed by atoms with Gasteiger partial charge in [0.15, 0.2) is 6.61 Å². The van der Waals surface area contributed by atoms with Crippen molar-refractivity contribution in [2.75, 3.05) is 6.61 Å². The van der Waals surface area contributed by atoms with Gasteiger partial charge >= 0.3 is 12.0 Å². The Bertz CT molecular complexity index is 948. The highest BCUT2D eigenvalue weighted by Gasteiger charge is 2.52. The summed E-state index contributed by atoms with van der Waals surface area (Å²) in [6.07, 6.45) is 0.271. The topological polar surface area (TPSA) is 105 Å². The number of halogens is 1. The second-order valence-corrected chi connectivity index (χ2v) is 6.31. The molecule has 9 heteroatoms. The molecule has 2 aromatic rings. The van der Waals surface area contributed by atoms with Crippen LogP contribution >= 0.6 is 0 Å². The van der Waals surface area contributed by atoms with Gasteiger partial charge in [-0.15, -0.1) is 0 Å². The first-order valence-corrected chi connectivity index (χ1v) is 8.82. The predicted molar refractivity (Wildman–Crippen MR) is 98.6 cm³/mol. The Labute approximate surface area is 165 Å². The van der Waals surface area contributed by atoms with Crippen LogP contribution < -0.4 is 10.7 Å². The zero-order valence-electron chi connectivity index (χ0n) is 15.5. The summed E-state index contributed by atoms with van der Waals surface area (Å²) in [5.41, 5.74) is 1.50. The van der Waals surface area contributed by atoms with Gasteiger partial charge < -0.3 is 10.1 Å². The number of hydrazine groups is 1. The van der Waals surface area contributed by atoms with Gasteiger partial charge in [0, 0.05) is 0 Å². The number of nitrogens with one attached hydrogen (secondary N) is 2. The summed E-state index contributed by atoms with van der Waals surface area (Å²) in [4.78, 5) is 49.1. The fourth-order valence-electron chi connectivity index (χ4n) is 3.00. The molecule has 0 spiro atoms. The molecular formula is C20H18FN3O5. The average Bonchev–Trinajstić information content (AvgIpc) is 2.98. The molecule has 2 aromatic carbocycles. The zero-order valence-corrected chi connectivity index (χ0v) is 15.5. The standard InChI is InChI=1S/C20H18FN3O5/c1-2-20(14-6-4-3-5-7-14)18(27)24(19(28)22-20)23-16(25)12-29-17(26)13-8-10-15(21)11-9-13/h3-11H,2,12H2,1H3,(H,22,28)(H,23,25)/t20-/m0/s1. The minimum absolute atomic E-state index is 0.0586. The third-order valence-corrected chi connectivity index (χ3v) is 4.54. The van der Waals surface area contributed by atoms with Crippen LogP contribution in [0.15, 0.2) is 54.6 Å². The number of urea groups is 1. The molecular weight excluding hydrogens is 381 g/mol. The van der Waals surface area contributed by atoms with Crippen molar-refractivity contribution in [1.82, 2.24) is 15.8 Å². The van der Waals surface area contributed by atoms with E-state index in [1.165, 1.54) is 12.1 Å². The second-order valence-electron chi connectivity index (χ2n) is 6.31. The number of nitrogens with zero attached hydrogens (tertiary/aromatic N) is 1. The van der Waals surface area contributed by atoms with E-state index >= 15 is 0 Å². The Morgan fingerprint density at radius 1 is 1.10 bits per heavy atom. The van der Waals surface area contributed by atoms with Crippen LogP contribution in [-0.4, -0.2) is 35.4 Å². The van der Waals surface area contributed by atoms with E-state index < -0.39 is 41.8 Å². The van der Waals surface area contributed by atoms with Crippen LogP contribution in [0.3, 0.4) is 0 Å². The van der Waals surface area contributed by atoms with Crippen molar-refractivity contribution >= 4 is 23.8 Å². The Hall–Kier alpha value is -3.75. The summed E-state index contributed by atoms with van der Waals surface area (Å²) in [6.45, 7) is 1.01. The fourth-order valence-corrected chi connectivity index (χ4v) is 3.00. The first-order valence-electron chi connectivity index (χ1n) is 8.82. The molecule has 29 heavy (non-hydrogen) atoms. The molecule has 8 nitrogen and oxygen atoms in total. The van der Waals surface area contributed by atoms with Crippen molar-refractivity contribution in [3.63, 3.8) is 0 Å². The number of carbonyl (C=O) groups excluding carboxylic acids is 4. The molecule has 4 amide bonds. The molecule has 0 saturated carbocycles. The summed E-state index contributed by atoms with van der Waals surface area (Å²) in [5.74, 6) is -2.88. The summed E-state index contributed by atoms with van der Waals surface area (Å²) in [6, 6.07) is 12.5. The van der Waals surface area contributed by atoms with Gasteiger partial charge in [-0.05, 0) is 36.2 Å². The fraction of sp³-hybridized carbons (Fsp3) is 0.200. The van der Waals surface area contributed by atoms with Gasteiger partial charge in [0.25, 0.3) is 11.8 Å². The summed E-state index contributed by atoms with van der Waals surface area (Å²) in [5, 5.41) is 3.19. The lowest BCUT2D eigenvalue weighted by molar-refractivity contribution is -0.140. The van der Waals surface area contributed by atoms with E-state index in [9.17, 15) is 23.6 Å². The van der Waals surface area contributed by atoms with E-state index in [1.807, 2.05) is 0 Å². The van der Waals surface area contributed by atoms with E-state index in [-0.39, 0.29) is 12.0 Å². The minimum atomic E-state index is -1.30. The average molecular weight is 399 g/mol. The lowest BCUT2D eigenvalue weighted by Gasteiger charge is -2.25. The highest BCUT2D eigenvalue weighted by Crippen LogP contribution is 2.31. The molecule has 1 aliphatic heterocycles. The van der Waals surface area contributed by atoms with Gasteiger partial charge in [-0.3, -0.25) is 15.0 Å². The Balaban J connectivity index is 1.64. The van der Waals surface area contributed by atoms with Crippen molar-refractivity contribution < 1.29 is 28.3 Å². The van der Waals surface area contributed by atoms with Crippen molar-refractivity contribution in [3.8, 4) is 0 Å². The van der Waals surface area contributed by atoms with Crippen LogP contribution in [0.4, 0.5) is 9.18 Å². The molecule has 3 rings (SSSR count). The van der Waals surface area contributed by atoms with Gasteiger partial charge in [-0.1, -0.05) is 37.3 Å².